The van der Waals surface area contributed by atoms with Crippen LogP contribution in [-0.2, 0) is 11.3 Å². The van der Waals surface area contributed by atoms with Crippen LogP contribution in [0.2, 0.25) is 0 Å². The number of aromatic nitrogens is 1. The number of carbonyl (C=O) groups excluding carboxylic acids is 2. The normalized spacial score (nSPS) is 16.7. The van der Waals surface area contributed by atoms with Crippen molar-refractivity contribution >= 4 is 35.1 Å². The van der Waals surface area contributed by atoms with Crippen molar-refractivity contribution in [2.45, 2.75) is 6.54 Å². The number of carbonyl (C=O) groups is 2. The fraction of sp³-hybridized carbons (Fsp3) is 0.276. The lowest BCUT2D eigenvalue weighted by Crippen LogP contribution is -2.41. The van der Waals surface area contributed by atoms with E-state index < -0.39 is 0 Å². The van der Waals surface area contributed by atoms with E-state index in [2.05, 4.69) is 15.1 Å². The molecule has 0 aliphatic carbocycles. The molecule has 3 aliphatic heterocycles. The minimum absolute atomic E-state index is 0.00821. The maximum absolute atomic E-state index is 12.9. The van der Waals surface area contributed by atoms with Crippen LogP contribution in [0.1, 0.15) is 37.4 Å². The van der Waals surface area contributed by atoms with Crippen molar-refractivity contribution in [1.82, 2.24) is 20.1 Å². The quantitative estimate of drug-likeness (QED) is 0.565. The molecule has 188 valence electrons. The van der Waals surface area contributed by atoms with Crippen LogP contribution in [0.3, 0.4) is 0 Å². The van der Waals surface area contributed by atoms with Gasteiger partial charge < -0.3 is 19.9 Å². The minimum atomic E-state index is -0.0821. The van der Waals surface area contributed by atoms with Crippen LogP contribution in [0.15, 0.2) is 60.8 Å². The van der Waals surface area contributed by atoms with Crippen molar-refractivity contribution in [1.29, 1.82) is 0 Å². The van der Waals surface area contributed by atoms with Gasteiger partial charge in [0.25, 0.3) is 11.8 Å². The molecule has 0 radical (unpaired) electrons. The third kappa shape index (κ3) is 4.39. The molecule has 4 heterocycles. The monoisotopic (exact) mass is 495 g/mol. The Morgan fingerprint density at radius 3 is 2.78 bits per heavy atom. The number of anilines is 2. The average molecular weight is 496 g/mol. The van der Waals surface area contributed by atoms with Gasteiger partial charge in [-0.1, -0.05) is 18.2 Å². The number of fused-ring (bicyclic) bond motifs is 1. The third-order valence-corrected chi connectivity index (χ3v) is 7.20. The molecule has 2 amide bonds. The maximum Gasteiger partial charge on any atom is 0.258 e. The summed E-state index contributed by atoms with van der Waals surface area (Å²) >= 11 is 0. The lowest BCUT2D eigenvalue weighted by molar-refractivity contribution is 0.0383. The number of nitrogens with one attached hydrogen (secondary N) is 1. The number of benzene rings is 2. The Morgan fingerprint density at radius 1 is 1.08 bits per heavy atom. The first-order valence-electron chi connectivity index (χ1n) is 12.6. The Hall–Kier alpha value is -4.01. The van der Waals surface area contributed by atoms with E-state index in [4.69, 9.17) is 9.72 Å². The molecule has 3 aromatic rings. The smallest absolute Gasteiger partial charge is 0.258 e. The lowest BCUT2D eigenvalue weighted by atomic mass is 10.0. The molecule has 1 aromatic heterocycles. The van der Waals surface area contributed by atoms with Crippen LogP contribution in [0.5, 0.6) is 0 Å². The van der Waals surface area contributed by atoms with Gasteiger partial charge in [0.05, 0.1) is 30.2 Å². The summed E-state index contributed by atoms with van der Waals surface area (Å²) < 4.78 is 5.39. The Morgan fingerprint density at radius 2 is 1.92 bits per heavy atom. The zero-order chi connectivity index (χ0) is 25.4. The first-order chi connectivity index (χ1) is 18.1. The largest absolute Gasteiger partial charge is 0.379 e. The van der Waals surface area contributed by atoms with Gasteiger partial charge >= 0.3 is 0 Å². The number of rotatable bonds is 6. The van der Waals surface area contributed by atoms with Gasteiger partial charge in [-0.3, -0.25) is 14.5 Å². The fourth-order valence-electron chi connectivity index (χ4n) is 5.26. The Balaban J connectivity index is 1.27. The zero-order valence-electron chi connectivity index (χ0n) is 20.8. The molecule has 3 aliphatic rings. The Bertz CT molecular complexity index is 1400. The van der Waals surface area contributed by atoms with E-state index in [1.54, 1.807) is 11.1 Å². The van der Waals surface area contributed by atoms with Gasteiger partial charge in [0.2, 0.25) is 0 Å². The summed E-state index contributed by atoms with van der Waals surface area (Å²) in [6.45, 7) is 5.21. The van der Waals surface area contributed by atoms with Gasteiger partial charge in [-0.05, 0) is 48.0 Å². The predicted octanol–water partition coefficient (Wildman–Crippen LogP) is 3.38. The van der Waals surface area contributed by atoms with Crippen LogP contribution in [0.4, 0.5) is 11.5 Å². The highest BCUT2D eigenvalue weighted by molar-refractivity contribution is 6.15. The first-order valence-corrected chi connectivity index (χ1v) is 12.6. The number of hydrogen-bond donors (Lipinski definition) is 1. The van der Waals surface area contributed by atoms with Crippen LogP contribution >= 0.6 is 0 Å². The van der Waals surface area contributed by atoms with Gasteiger partial charge in [-0.2, -0.15) is 0 Å². The van der Waals surface area contributed by atoms with Crippen molar-refractivity contribution < 1.29 is 14.3 Å². The SMILES string of the molecule is CN1C(=O)c2cccc3c2C1=Cc1cccnc1N3Cc1cccc(C(=O)NCCN2CCOCC2)c1. The lowest BCUT2D eigenvalue weighted by Gasteiger charge is -2.26. The standard InChI is InChI=1S/C29H29N5O3/c1-32-25-18-21-7-4-10-30-27(21)34(24-9-3-8-23(26(24)25)29(32)36)19-20-5-2-6-22(17-20)28(35)31-11-12-33-13-15-37-16-14-33/h2-10,17-18H,11-16,19H2,1H3,(H,31,35). The first kappa shape index (κ1) is 23.4. The average Bonchev–Trinajstić information content (AvgIpc) is 3.09. The van der Waals surface area contributed by atoms with Crippen LogP contribution in [0.25, 0.3) is 11.8 Å². The zero-order valence-corrected chi connectivity index (χ0v) is 20.8. The van der Waals surface area contributed by atoms with E-state index in [1.807, 2.05) is 67.7 Å². The number of amides is 2. The highest BCUT2D eigenvalue weighted by atomic mass is 16.5. The summed E-state index contributed by atoms with van der Waals surface area (Å²) in [5.41, 5.74) is 5.97. The highest BCUT2D eigenvalue weighted by Gasteiger charge is 2.35. The molecule has 2 aromatic carbocycles. The molecule has 1 saturated heterocycles. The second-order valence-corrected chi connectivity index (χ2v) is 9.51. The summed E-state index contributed by atoms with van der Waals surface area (Å²) in [6.07, 6.45) is 3.82. The molecule has 0 atom stereocenters. The number of nitrogens with zero attached hydrogens (tertiary/aromatic N) is 4. The molecule has 6 rings (SSSR count). The van der Waals surface area contributed by atoms with Gasteiger partial charge in [0.15, 0.2) is 0 Å². The Kier molecular flexibility index (Phi) is 6.20. The van der Waals surface area contributed by atoms with E-state index >= 15 is 0 Å². The van der Waals surface area contributed by atoms with E-state index in [0.717, 1.165) is 66.7 Å². The summed E-state index contributed by atoms with van der Waals surface area (Å²) in [5.74, 6) is 0.728. The van der Waals surface area contributed by atoms with E-state index in [0.29, 0.717) is 24.2 Å². The number of morpholine rings is 1. The van der Waals surface area contributed by atoms with Crippen molar-refractivity contribution in [3.63, 3.8) is 0 Å². The number of hydrogen-bond acceptors (Lipinski definition) is 6. The molecule has 8 heteroatoms. The van der Waals surface area contributed by atoms with E-state index in [9.17, 15) is 9.59 Å². The molecule has 37 heavy (non-hydrogen) atoms. The van der Waals surface area contributed by atoms with Gasteiger partial charge in [-0.25, -0.2) is 4.98 Å². The molecule has 1 N–H and O–H groups in total. The summed E-state index contributed by atoms with van der Waals surface area (Å²) in [4.78, 5) is 36.7. The van der Waals surface area contributed by atoms with Crippen molar-refractivity contribution in [2.24, 2.45) is 0 Å². The molecule has 0 spiro atoms. The molecule has 0 bridgehead atoms. The third-order valence-electron chi connectivity index (χ3n) is 7.20. The molecule has 8 nitrogen and oxygen atoms in total. The maximum atomic E-state index is 12.9. The molecule has 0 unspecified atom stereocenters. The van der Waals surface area contributed by atoms with Crippen LogP contribution in [0, 0.1) is 0 Å². The summed E-state index contributed by atoms with van der Waals surface area (Å²) in [7, 11) is 1.81. The van der Waals surface area contributed by atoms with Crippen molar-refractivity contribution in [3.8, 4) is 0 Å². The second kappa shape index (κ2) is 9.80. The summed E-state index contributed by atoms with van der Waals surface area (Å²) in [5, 5.41) is 3.05. The van der Waals surface area contributed by atoms with E-state index in [-0.39, 0.29) is 11.8 Å². The van der Waals surface area contributed by atoms with Crippen LogP contribution < -0.4 is 10.2 Å². The Labute approximate surface area is 216 Å². The fourth-order valence-corrected chi connectivity index (χ4v) is 5.26. The van der Waals surface area contributed by atoms with Gasteiger partial charge in [0, 0.05) is 62.7 Å². The summed E-state index contributed by atoms with van der Waals surface area (Å²) in [6, 6.07) is 17.5. The highest BCUT2D eigenvalue weighted by Crippen LogP contribution is 2.45. The van der Waals surface area contributed by atoms with Gasteiger partial charge in [0.1, 0.15) is 5.82 Å². The topological polar surface area (TPSA) is 78.0 Å². The number of ether oxygens (including phenoxy) is 1. The molecular weight excluding hydrogens is 466 g/mol. The van der Waals surface area contributed by atoms with Crippen molar-refractivity contribution in [3.05, 3.63) is 88.6 Å². The van der Waals surface area contributed by atoms with Crippen molar-refractivity contribution in [2.75, 3.05) is 51.3 Å². The van der Waals surface area contributed by atoms with Crippen LogP contribution in [-0.4, -0.2) is 73.0 Å². The number of pyridine rings is 1. The second-order valence-electron chi connectivity index (χ2n) is 9.51. The molecule has 1 fully saturated rings. The molecular formula is C29H29N5O3. The van der Waals surface area contributed by atoms with E-state index in [1.165, 1.54) is 0 Å². The predicted molar refractivity (Wildman–Crippen MR) is 143 cm³/mol. The molecule has 0 saturated carbocycles. The minimum Gasteiger partial charge on any atom is -0.379 e. The van der Waals surface area contributed by atoms with Gasteiger partial charge in [-0.15, -0.1) is 0 Å².